The second kappa shape index (κ2) is 18.5. The highest BCUT2D eigenvalue weighted by Crippen LogP contribution is 2.30. The highest BCUT2D eigenvalue weighted by molar-refractivity contribution is 5.85. The molecule has 0 saturated carbocycles. The molecule has 0 radical (unpaired) electrons. The predicted octanol–water partition coefficient (Wildman–Crippen LogP) is 3.59. The van der Waals surface area contributed by atoms with Gasteiger partial charge in [-0.15, -0.1) is 0 Å². The Morgan fingerprint density at radius 3 is 1.96 bits per heavy atom. The first-order chi connectivity index (χ1) is 23.6. The topological polar surface area (TPSA) is 231 Å². The number of carbonyl (C=O) groups is 2. The monoisotopic (exact) mass is 693 g/mol. The van der Waals surface area contributed by atoms with Gasteiger partial charge in [-0.05, 0) is 74.9 Å². The summed E-state index contributed by atoms with van der Waals surface area (Å²) in [7, 11) is 0. The maximum Gasteiger partial charge on any atom is 0.354 e. The van der Waals surface area contributed by atoms with Gasteiger partial charge in [-0.3, -0.25) is 4.79 Å². The van der Waals surface area contributed by atoms with Gasteiger partial charge >= 0.3 is 5.97 Å². The molecule has 0 fully saturated rings. The number of hydrogen-bond acceptors (Lipinski definition) is 14. The third kappa shape index (κ3) is 12.3. The molecule has 0 aliphatic carbocycles. The van der Waals surface area contributed by atoms with Crippen LogP contribution in [0.5, 0.6) is 5.75 Å². The van der Waals surface area contributed by atoms with E-state index in [4.69, 9.17) is 19.5 Å². The van der Waals surface area contributed by atoms with Crippen LogP contribution < -0.4 is 20.7 Å². The Balaban J connectivity index is 0.000000376. The Kier molecular flexibility index (Phi) is 14.5. The molecular weight excluding hydrogens is 646 g/mol. The highest BCUT2D eigenvalue weighted by atomic mass is 16.5. The van der Waals surface area contributed by atoms with E-state index in [2.05, 4.69) is 73.7 Å². The number of carbonyl (C=O) groups excluding carboxylic acids is 1. The molecule has 3 heterocycles. The van der Waals surface area contributed by atoms with Crippen LogP contribution in [0, 0.1) is 39.5 Å². The zero-order valence-electron chi connectivity index (χ0n) is 29.7. The summed E-state index contributed by atoms with van der Waals surface area (Å²) in [5.74, 6) is 1.54. The zero-order chi connectivity index (χ0) is 37.0. The number of aliphatic hydroxyl groups excluding tert-OH is 2. The van der Waals surface area contributed by atoms with Crippen LogP contribution in [0.2, 0.25) is 0 Å². The number of carboxylic acids is 1. The van der Waals surface area contributed by atoms with Gasteiger partial charge in [0.1, 0.15) is 30.8 Å². The van der Waals surface area contributed by atoms with Crippen LogP contribution in [0.4, 0.5) is 11.9 Å². The summed E-state index contributed by atoms with van der Waals surface area (Å²) < 4.78 is 11.3. The molecule has 0 aliphatic heterocycles. The first kappa shape index (κ1) is 39.2. The Bertz CT molecular complexity index is 1720. The molecule has 1 unspecified atom stereocenters. The molecule has 16 heteroatoms. The number of ether oxygens (including phenoxy) is 1. The number of aliphatic hydroxyl groups is 2. The minimum atomic E-state index is -1.03. The Morgan fingerprint density at radius 2 is 1.40 bits per heavy atom. The number of carboxylic acid groups (broad SMARTS) is 1. The second-order valence-electron chi connectivity index (χ2n) is 12.6. The largest absolute Gasteiger partial charge is 0.490 e. The van der Waals surface area contributed by atoms with Crippen LogP contribution in [0.3, 0.4) is 0 Å². The molecule has 0 saturated heterocycles. The van der Waals surface area contributed by atoms with Crippen LogP contribution in [0.15, 0.2) is 28.8 Å². The van der Waals surface area contributed by atoms with Gasteiger partial charge < -0.3 is 40.5 Å². The first-order valence-corrected chi connectivity index (χ1v) is 16.2. The molecule has 270 valence electrons. The molecule has 0 bridgehead atoms. The fourth-order valence-electron chi connectivity index (χ4n) is 4.38. The van der Waals surface area contributed by atoms with Gasteiger partial charge in [0.05, 0.1) is 0 Å². The van der Waals surface area contributed by atoms with Crippen molar-refractivity contribution in [2.24, 2.45) is 11.8 Å². The summed E-state index contributed by atoms with van der Waals surface area (Å²) in [4.78, 5) is 43.3. The third-order valence-electron chi connectivity index (χ3n) is 6.73. The van der Waals surface area contributed by atoms with E-state index in [0.29, 0.717) is 52.6 Å². The van der Waals surface area contributed by atoms with Crippen LogP contribution in [0.1, 0.15) is 60.7 Å². The number of aromatic carboxylic acids is 1. The van der Waals surface area contributed by atoms with E-state index in [-0.39, 0.29) is 18.8 Å². The van der Waals surface area contributed by atoms with Crippen LogP contribution >= 0.6 is 0 Å². The fraction of sp³-hybridized carbons (Fsp3) is 0.471. The average Bonchev–Trinajstić information content (AvgIpc) is 3.55. The lowest BCUT2D eigenvalue weighted by Gasteiger charge is -2.16. The molecule has 1 aromatic carbocycles. The lowest BCUT2D eigenvalue weighted by molar-refractivity contribution is -0.124. The quantitative estimate of drug-likeness (QED) is 0.104. The maximum absolute atomic E-state index is 11.1. The van der Waals surface area contributed by atoms with Crippen molar-refractivity contribution >= 4 is 23.8 Å². The SMILES string of the molecule is Cc1cc(-c2nc(-c3cc(C)c(OCC(O)CNC(=O)CO)c(C)c3)no2)nc(NCC(C)C)n1.Cc1cc(C(=O)O)nc(NCC(C)C)n1. The summed E-state index contributed by atoms with van der Waals surface area (Å²) >= 11 is 0. The number of benzene rings is 1. The number of anilines is 2. The van der Waals surface area contributed by atoms with Crippen LogP contribution in [0.25, 0.3) is 23.0 Å². The summed E-state index contributed by atoms with van der Waals surface area (Å²) in [6.45, 7) is 16.5. The molecule has 4 rings (SSSR count). The van der Waals surface area contributed by atoms with Crippen molar-refractivity contribution in [3.63, 3.8) is 0 Å². The number of amides is 1. The van der Waals surface area contributed by atoms with Crippen LogP contribution in [-0.4, -0.2) is 96.2 Å². The smallest absolute Gasteiger partial charge is 0.354 e. The minimum Gasteiger partial charge on any atom is -0.490 e. The van der Waals surface area contributed by atoms with Gasteiger partial charge in [0.25, 0.3) is 5.89 Å². The molecular formula is C34H47N9O7. The third-order valence-corrected chi connectivity index (χ3v) is 6.73. The molecule has 4 aromatic rings. The number of nitrogens with one attached hydrogen (secondary N) is 3. The number of nitrogens with zero attached hydrogens (tertiary/aromatic N) is 6. The van der Waals surface area contributed by atoms with Gasteiger partial charge in [-0.25, -0.2) is 24.7 Å². The molecule has 16 nitrogen and oxygen atoms in total. The number of aryl methyl sites for hydroxylation is 4. The summed E-state index contributed by atoms with van der Waals surface area (Å²) in [6.07, 6.45) is -0.917. The fourth-order valence-corrected chi connectivity index (χ4v) is 4.38. The highest BCUT2D eigenvalue weighted by Gasteiger charge is 2.17. The number of rotatable bonds is 15. The van der Waals surface area contributed by atoms with Crippen molar-refractivity contribution < 1.29 is 34.2 Å². The van der Waals surface area contributed by atoms with Crippen molar-refractivity contribution in [2.75, 3.05) is 43.5 Å². The summed E-state index contributed by atoms with van der Waals surface area (Å²) in [5, 5.41) is 40.3. The van der Waals surface area contributed by atoms with Gasteiger partial charge in [0, 0.05) is 36.6 Å². The number of hydrogen-bond donors (Lipinski definition) is 6. The van der Waals surface area contributed by atoms with Crippen molar-refractivity contribution in [1.82, 2.24) is 35.4 Å². The first-order valence-electron chi connectivity index (χ1n) is 16.2. The lowest BCUT2D eigenvalue weighted by atomic mass is 10.1. The van der Waals surface area contributed by atoms with Gasteiger partial charge in [0.2, 0.25) is 23.6 Å². The molecule has 50 heavy (non-hydrogen) atoms. The molecule has 3 aromatic heterocycles. The Labute approximate surface area is 291 Å². The van der Waals surface area contributed by atoms with E-state index >= 15 is 0 Å². The van der Waals surface area contributed by atoms with E-state index in [1.54, 1.807) is 13.0 Å². The van der Waals surface area contributed by atoms with E-state index in [1.807, 2.05) is 32.9 Å². The van der Waals surface area contributed by atoms with E-state index < -0.39 is 24.6 Å². The normalized spacial score (nSPS) is 11.5. The second-order valence-corrected chi connectivity index (χ2v) is 12.6. The standard InChI is InChI=1S/C24H32N6O5.C10H15N3O2/c1-13(2)9-26-24-27-16(5)8-19(28-24)23-29-22(30-35-23)17-6-14(3)21(15(4)7-17)34-12-18(32)10-25-20(33)11-31;1-6(2)5-11-10-12-7(3)4-8(13-10)9(14)15/h6-8,13,18,31-32H,9-12H2,1-5H3,(H,25,33)(H,26,27,28);4,6H,5H2,1-3H3,(H,14,15)(H,11,12,13). The Hall–Kier alpha value is -5.22. The van der Waals surface area contributed by atoms with Crippen molar-refractivity contribution in [3.8, 4) is 28.7 Å². The summed E-state index contributed by atoms with van der Waals surface area (Å²) in [6, 6.07) is 6.98. The zero-order valence-corrected chi connectivity index (χ0v) is 29.7. The summed E-state index contributed by atoms with van der Waals surface area (Å²) in [5.41, 5.74) is 4.40. The molecule has 1 amide bonds. The average molecular weight is 694 g/mol. The van der Waals surface area contributed by atoms with Gasteiger partial charge in [0.15, 0.2) is 5.69 Å². The molecule has 6 N–H and O–H groups in total. The van der Waals surface area contributed by atoms with E-state index in [0.717, 1.165) is 35.5 Å². The minimum absolute atomic E-state index is 0.0145. The Morgan fingerprint density at radius 1 is 0.820 bits per heavy atom. The van der Waals surface area contributed by atoms with Crippen LogP contribution in [-0.2, 0) is 4.79 Å². The van der Waals surface area contributed by atoms with Crippen molar-refractivity contribution in [1.29, 1.82) is 0 Å². The van der Waals surface area contributed by atoms with E-state index in [1.165, 1.54) is 6.07 Å². The number of aromatic nitrogens is 6. The van der Waals surface area contributed by atoms with Gasteiger partial charge in [-0.1, -0.05) is 32.9 Å². The van der Waals surface area contributed by atoms with Crippen molar-refractivity contribution in [2.45, 2.75) is 61.5 Å². The maximum atomic E-state index is 11.1. The predicted molar refractivity (Wildman–Crippen MR) is 187 cm³/mol. The van der Waals surface area contributed by atoms with Gasteiger partial charge in [-0.2, -0.15) is 4.98 Å². The van der Waals surface area contributed by atoms with Crippen molar-refractivity contribution in [3.05, 3.63) is 52.5 Å². The lowest BCUT2D eigenvalue weighted by Crippen LogP contribution is -2.36. The molecule has 1 atom stereocenters. The van der Waals surface area contributed by atoms with E-state index in [9.17, 15) is 14.7 Å². The molecule has 0 aliphatic rings. The molecule has 0 spiro atoms.